The van der Waals surface area contributed by atoms with Crippen molar-refractivity contribution in [2.45, 2.75) is 78.1 Å². The van der Waals surface area contributed by atoms with E-state index in [9.17, 15) is 19.2 Å². The molecular weight excluding hydrogens is 753 g/mol. The number of carbonyl (C=O) groups excluding carboxylic acids is 4. The van der Waals surface area contributed by atoms with Gasteiger partial charge in [0.2, 0.25) is 0 Å². The minimum absolute atomic E-state index is 0.00613. The van der Waals surface area contributed by atoms with E-state index in [1.165, 1.54) is 11.1 Å². The fourth-order valence-electron chi connectivity index (χ4n) is 7.41. The van der Waals surface area contributed by atoms with E-state index in [4.69, 9.17) is 18.9 Å². The fraction of sp³-hybridized carbons (Fsp3) is 0.231. The third-order valence-corrected chi connectivity index (χ3v) is 10.7. The van der Waals surface area contributed by atoms with E-state index in [0.29, 0.717) is 47.0 Å². The van der Waals surface area contributed by atoms with Crippen LogP contribution in [0.15, 0.2) is 133 Å². The van der Waals surface area contributed by atoms with Crippen molar-refractivity contribution in [1.82, 2.24) is 0 Å². The maximum Gasteiger partial charge on any atom is 0.343 e. The van der Waals surface area contributed by atoms with Gasteiger partial charge in [-0.2, -0.15) is 0 Å². The van der Waals surface area contributed by atoms with Crippen LogP contribution in [0.2, 0.25) is 0 Å². The average Bonchev–Trinajstić information content (AvgIpc) is 3.53. The van der Waals surface area contributed by atoms with Gasteiger partial charge in [-0.15, -0.1) is 0 Å². The molecule has 0 aliphatic heterocycles. The minimum atomic E-state index is -0.414. The summed E-state index contributed by atoms with van der Waals surface area (Å²) in [6.45, 7) is 6.31. The molecule has 304 valence electrons. The molecule has 0 amide bonds. The molecule has 0 radical (unpaired) electrons. The number of ether oxygens (including phenoxy) is 4. The van der Waals surface area contributed by atoms with Crippen LogP contribution >= 0.6 is 0 Å². The third kappa shape index (κ3) is 10.4. The van der Waals surface area contributed by atoms with Crippen LogP contribution in [0, 0.1) is 0 Å². The molecule has 0 heterocycles. The largest absolute Gasteiger partial charge is 0.427 e. The van der Waals surface area contributed by atoms with Crippen LogP contribution in [0.4, 0.5) is 0 Å². The molecule has 0 saturated carbocycles. The number of aryl methyl sites for hydroxylation is 4. The van der Waals surface area contributed by atoms with Gasteiger partial charge in [-0.3, -0.25) is 9.59 Å². The van der Waals surface area contributed by atoms with E-state index in [1.54, 1.807) is 60.7 Å². The first kappa shape index (κ1) is 41.4. The molecule has 1 aliphatic rings. The van der Waals surface area contributed by atoms with Crippen molar-refractivity contribution in [3.05, 3.63) is 178 Å². The number of hydrogen-bond donors (Lipinski definition) is 0. The van der Waals surface area contributed by atoms with E-state index in [1.807, 2.05) is 72.8 Å². The van der Waals surface area contributed by atoms with Gasteiger partial charge in [0.15, 0.2) is 0 Å². The van der Waals surface area contributed by atoms with Crippen molar-refractivity contribution in [3.63, 3.8) is 0 Å². The molecule has 0 saturated heterocycles. The van der Waals surface area contributed by atoms with Crippen molar-refractivity contribution < 1.29 is 38.1 Å². The van der Waals surface area contributed by atoms with Gasteiger partial charge in [-0.05, 0) is 143 Å². The molecular formula is C52H48O8. The molecule has 6 aromatic carbocycles. The van der Waals surface area contributed by atoms with Gasteiger partial charge in [-0.1, -0.05) is 94.3 Å². The molecule has 7 rings (SSSR count). The number of benzene rings is 6. The zero-order valence-electron chi connectivity index (χ0n) is 34.2. The lowest BCUT2D eigenvalue weighted by molar-refractivity contribution is -0.135. The zero-order chi connectivity index (χ0) is 42.0. The standard InChI is InChI=1S/C52H48O8/c1-4-6-35-8-18-39(19-9-35)51(55)59-41-22-12-37(13-23-41)16-30-49(53)57-43-26-28-45-46-29-27-44(33-48(46)34(3)47(45)32-43)58-50(54)31-17-38-14-24-42(25-15-38)60-52(56)40-20-10-36(7-5-2)11-21-40/h8-15,18-29,32-34H,4-7,16-17,30-31H2,1-3H3. The highest BCUT2D eigenvalue weighted by molar-refractivity contribution is 5.91. The summed E-state index contributed by atoms with van der Waals surface area (Å²) in [7, 11) is 0. The van der Waals surface area contributed by atoms with Crippen molar-refractivity contribution in [2.75, 3.05) is 0 Å². The Hall–Kier alpha value is -6.80. The van der Waals surface area contributed by atoms with Gasteiger partial charge in [0.05, 0.1) is 11.1 Å². The second kappa shape index (κ2) is 19.3. The molecule has 0 bridgehead atoms. The fourth-order valence-corrected chi connectivity index (χ4v) is 7.41. The summed E-state index contributed by atoms with van der Waals surface area (Å²) in [5.41, 5.74) is 9.35. The molecule has 8 nitrogen and oxygen atoms in total. The molecule has 0 atom stereocenters. The smallest absolute Gasteiger partial charge is 0.343 e. The lowest BCUT2D eigenvalue weighted by atomic mass is 9.99. The van der Waals surface area contributed by atoms with Crippen LogP contribution in [-0.2, 0) is 35.3 Å². The lowest BCUT2D eigenvalue weighted by Crippen LogP contribution is -2.10. The van der Waals surface area contributed by atoms with Crippen LogP contribution in [-0.4, -0.2) is 23.9 Å². The van der Waals surface area contributed by atoms with Gasteiger partial charge in [0, 0.05) is 18.8 Å². The molecule has 0 unspecified atom stereocenters. The number of carbonyl (C=O) groups is 4. The quantitative estimate of drug-likeness (QED) is 0.0704. The predicted octanol–water partition coefficient (Wildman–Crippen LogP) is 11.2. The summed E-state index contributed by atoms with van der Waals surface area (Å²) in [4.78, 5) is 50.9. The molecule has 8 heteroatoms. The summed E-state index contributed by atoms with van der Waals surface area (Å²) in [6.07, 6.45) is 5.32. The second-order valence-electron chi connectivity index (χ2n) is 15.1. The van der Waals surface area contributed by atoms with Crippen LogP contribution in [0.1, 0.15) is 106 Å². The van der Waals surface area contributed by atoms with Crippen LogP contribution in [0.5, 0.6) is 23.0 Å². The first-order valence-corrected chi connectivity index (χ1v) is 20.7. The molecule has 0 N–H and O–H groups in total. The monoisotopic (exact) mass is 800 g/mol. The van der Waals surface area contributed by atoms with Crippen LogP contribution < -0.4 is 18.9 Å². The molecule has 0 aromatic heterocycles. The van der Waals surface area contributed by atoms with E-state index < -0.39 is 11.9 Å². The Kier molecular flexibility index (Phi) is 13.3. The average molecular weight is 801 g/mol. The van der Waals surface area contributed by atoms with E-state index in [0.717, 1.165) is 59.1 Å². The Morgan fingerprint density at radius 1 is 0.417 bits per heavy atom. The topological polar surface area (TPSA) is 105 Å². The maximum atomic E-state index is 12.9. The first-order chi connectivity index (χ1) is 29.1. The van der Waals surface area contributed by atoms with E-state index in [-0.39, 0.29) is 30.7 Å². The van der Waals surface area contributed by atoms with Gasteiger partial charge >= 0.3 is 23.9 Å². The highest BCUT2D eigenvalue weighted by atomic mass is 16.5. The summed E-state index contributed by atoms with van der Waals surface area (Å²) in [5, 5.41) is 0. The summed E-state index contributed by atoms with van der Waals surface area (Å²) >= 11 is 0. The number of rotatable bonds is 16. The molecule has 1 aliphatic carbocycles. The Morgan fingerprint density at radius 2 is 0.750 bits per heavy atom. The molecule has 0 spiro atoms. The SMILES string of the molecule is CCCc1ccc(C(=O)Oc2ccc(CCC(=O)Oc3ccc4c(c3)C(C)c3cc(OC(=O)CCc5ccc(OC(=O)c6ccc(CCC)cc6)cc5)ccc3-4)cc2)cc1. The Morgan fingerprint density at radius 3 is 1.12 bits per heavy atom. The molecule has 6 aromatic rings. The molecule has 0 fully saturated rings. The zero-order valence-corrected chi connectivity index (χ0v) is 34.2. The normalized spacial score (nSPS) is 11.7. The number of hydrogen-bond acceptors (Lipinski definition) is 8. The van der Waals surface area contributed by atoms with Gasteiger partial charge in [-0.25, -0.2) is 9.59 Å². The highest BCUT2D eigenvalue weighted by Crippen LogP contribution is 2.47. The van der Waals surface area contributed by atoms with Gasteiger partial charge in [0.25, 0.3) is 0 Å². The third-order valence-electron chi connectivity index (χ3n) is 10.7. The Balaban J connectivity index is 0.860. The first-order valence-electron chi connectivity index (χ1n) is 20.7. The number of esters is 4. The van der Waals surface area contributed by atoms with Crippen molar-refractivity contribution >= 4 is 23.9 Å². The highest BCUT2D eigenvalue weighted by Gasteiger charge is 2.27. The number of fused-ring (bicyclic) bond motifs is 3. The van der Waals surface area contributed by atoms with Crippen molar-refractivity contribution in [2.24, 2.45) is 0 Å². The molecule has 60 heavy (non-hydrogen) atoms. The van der Waals surface area contributed by atoms with Gasteiger partial charge < -0.3 is 18.9 Å². The maximum absolute atomic E-state index is 12.9. The van der Waals surface area contributed by atoms with Crippen LogP contribution in [0.25, 0.3) is 11.1 Å². The Labute approximate surface area is 351 Å². The summed E-state index contributed by atoms with van der Waals surface area (Å²) in [5.74, 6) is 0.284. The van der Waals surface area contributed by atoms with Crippen molar-refractivity contribution in [1.29, 1.82) is 0 Å². The predicted molar refractivity (Wildman–Crippen MR) is 231 cm³/mol. The van der Waals surface area contributed by atoms with Gasteiger partial charge in [0.1, 0.15) is 23.0 Å². The minimum Gasteiger partial charge on any atom is -0.427 e. The summed E-state index contributed by atoms with van der Waals surface area (Å²) in [6, 6.07) is 40.6. The van der Waals surface area contributed by atoms with E-state index >= 15 is 0 Å². The van der Waals surface area contributed by atoms with Crippen LogP contribution in [0.3, 0.4) is 0 Å². The Bertz CT molecular complexity index is 2290. The van der Waals surface area contributed by atoms with E-state index in [2.05, 4.69) is 20.8 Å². The second-order valence-corrected chi connectivity index (χ2v) is 15.1. The van der Waals surface area contributed by atoms with Crippen molar-refractivity contribution in [3.8, 4) is 34.1 Å². The summed E-state index contributed by atoms with van der Waals surface area (Å²) < 4.78 is 22.6. The lowest BCUT2D eigenvalue weighted by Gasteiger charge is -2.10.